The zero-order valence-electron chi connectivity index (χ0n) is 13.2. The standard InChI is InChI=1S/C18H23NO4/c20-17(13-5-3-6-14(11-13)18(21)22)19(15-7-1-2-8-15)12-16-9-4-10-23-16/h3,5-6,11,15-16H,1-2,4,7-10,12H2,(H,21,22). The van der Waals surface area contributed by atoms with Crippen LogP contribution in [0.4, 0.5) is 0 Å². The maximum Gasteiger partial charge on any atom is 0.335 e. The molecule has 1 N–H and O–H groups in total. The Morgan fingerprint density at radius 1 is 1.13 bits per heavy atom. The van der Waals surface area contributed by atoms with Crippen LogP contribution in [0.1, 0.15) is 59.2 Å². The molecule has 1 saturated heterocycles. The molecule has 2 fully saturated rings. The van der Waals surface area contributed by atoms with Gasteiger partial charge >= 0.3 is 5.97 Å². The lowest BCUT2D eigenvalue weighted by Crippen LogP contribution is -2.43. The summed E-state index contributed by atoms with van der Waals surface area (Å²) in [5.41, 5.74) is 0.606. The van der Waals surface area contributed by atoms with E-state index >= 15 is 0 Å². The van der Waals surface area contributed by atoms with Crippen molar-refractivity contribution >= 4 is 11.9 Å². The zero-order chi connectivity index (χ0) is 16.2. The molecular formula is C18H23NO4. The fourth-order valence-electron chi connectivity index (χ4n) is 3.57. The normalized spacial score (nSPS) is 21.5. The molecule has 1 atom stereocenters. The van der Waals surface area contributed by atoms with Gasteiger partial charge in [-0.15, -0.1) is 0 Å². The van der Waals surface area contributed by atoms with Crippen LogP contribution < -0.4 is 0 Å². The topological polar surface area (TPSA) is 66.8 Å². The van der Waals surface area contributed by atoms with Crippen molar-refractivity contribution in [2.75, 3.05) is 13.2 Å². The summed E-state index contributed by atoms with van der Waals surface area (Å²) in [6.07, 6.45) is 6.50. The van der Waals surface area contributed by atoms with E-state index < -0.39 is 5.97 Å². The van der Waals surface area contributed by atoms with Crippen molar-refractivity contribution in [2.45, 2.75) is 50.7 Å². The Labute approximate surface area is 136 Å². The van der Waals surface area contributed by atoms with E-state index in [-0.39, 0.29) is 23.6 Å². The predicted octanol–water partition coefficient (Wildman–Crippen LogP) is 2.95. The van der Waals surface area contributed by atoms with E-state index in [1.165, 1.54) is 12.1 Å². The van der Waals surface area contributed by atoms with E-state index in [1.54, 1.807) is 12.1 Å². The average Bonchev–Trinajstić information content (AvgIpc) is 3.25. The van der Waals surface area contributed by atoms with Gasteiger partial charge in [-0.1, -0.05) is 18.9 Å². The van der Waals surface area contributed by atoms with E-state index in [2.05, 4.69) is 0 Å². The highest BCUT2D eigenvalue weighted by Gasteiger charge is 2.31. The van der Waals surface area contributed by atoms with Crippen LogP contribution >= 0.6 is 0 Å². The molecule has 5 heteroatoms. The second-order valence-electron chi connectivity index (χ2n) is 6.42. The molecule has 0 radical (unpaired) electrons. The van der Waals surface area contributed by atoms with Crippen LogP contribution in [0.25, 0.3) is 0 Å². The molecule has 1 aliphatic carbocycles. The van der Waals surface area contributed by atoms with Gasteiger partial charge in [-0.3, -0.25) is 4.79 Å². The van der Waals surface area contributed by atoms with Crippen LogP contribution in [-0.2, 0) is 4.74 Å². The predicted molar refractivity (Wildman–Crippen MR) is 85.7 cm³/mol. The average molecular weight is 317 g/mol. The highest BCUT2D eigenvalue weighted by atomic mass is 16.5. The van der Waals surface area contributed by atoms with Crippen molar-refractivity contribution in [2.24, 2.45) is 0 Å². The van der Waals surface area contributed by atoms with E-state index in [4.69, 9.17) is 9.84 Å². The minimum absolute atomic E-state index is 0.0736. The van der Waals surface area contributed by atoms with Crippen molar-refractivity contribution in [3.63, 3.8) is 0 Å². The van der Waals surface area contributed by atoms with E-state index in [0.29, 0.717) is 12.1 Å². The highest BCUT2D eigenvalue weighted by Crippen LogP contribution is 2.27. The summed E-state index contributed by atoms with van der Waals surface area (Å²) >= 11 is 0. The van der Waals surface area contributed by atoms with Crippen molar-refractivity contribution in [3.05, 3.63) is 35.4 Å². The first-order valence-corrected chi connectivity index (χ1v) is 8.41. The van der Waals surface area contributed by atoms with Gasteiger partial charge in [0.25, 0.3) is 5.91 Å². The van der Waals surface area contributed by atoms with Crippen LogP contribution in [0, 0.1) is 0 Å². The van der Waals surface area contributed by atoms with Gasteiger partial charge in [-0.25, -0.2) is 4.79 Å². The molecule has 1 heterocycles. The third kappa shape index (κ3) is 3.72. The molecule has 0 aromatic heterocycles. The molecule has 1 aromatic carbocycles. The Balaban J connectivity index is 1.80. The quantitative estimate of drug-likeness (QED) is 0.906. The maximum absolute atomic E-state index is 13.0. The fraction of sp³-hybridized carbons (Fsp3) is 0.556. The van der Waals surface area contributed by atoms with Gasteiger partial charge in [0.2, 0.25) is 0 Å². The second-order valence-corrected chi connectivity index (χ2v) is 6.42. The lowest BCUT2D eigenvalue weighted by atomic mass is 10.1. The summed E-state index contributed by atoms with van der Waals surface area (Å²) in [6, 6.07) is 6.57. The minimum atomic E-state index is -1.01. The smallest absolute Gasteiger partial charge is 0.335 e. The van der Waals surface area contributed by atoms with Crippen LogP contribution in [0.2, 0.25) is 0 Å². The number of amides is 1. The first-order chi connectivity index (χ1) is 11.1. The van der Waals surface area contributed by atoms with Crippen LogP contribution in [0.15, 0.2) is 24.3 Å². The van der Waals surface area contributed by atoms with Crippen LogP contribution in [-0.4, -0.2) is 47.2 Å². The van der Waals surface area contributed by atoms with Gasteiger partial charge in [0.15, 0.2) is 0 Å². The number of rotatable bonds is 5. The molecule has 1 aliphatic heterocycles. The molecule has 1 saturated carbocycles. The van der Waals surface area contributed by atoms with Crippen molar-refractivity contribution < 1.29 is 19.4 Å². The molecule has 1 aromatic rings. The third-order valence-electron chi connectivity index (χ3n) is 4.81. The van der Waals surface area contributed by atoms with Gasteiger partial charge < -0.3 is 14.7 Å². The lowest BCUT2D eigenvalue weighted by Gasteiger charge is -2.31. The van der Waals surface area contributed by atoms with Gasteiger partial charge in [-0.2, -0.15) is 0 Å². The number of carbonyl (C=O) groups excluding carboxylic acids is 1. The number of carboxylic acids is 1. The number of carbonyl (C=O) groups is 2. The van der Waals surface area contributed by atoms with Crippen molar-refractivity contribution in [1.29, 1.82) is 0 Å². The Morgan fingerprint density at radius 2 is 1.87 bits per heavy atom. The Morgan fingerprint density at radius 3 is 2.52 bits per heavy atom. The summed E-state index contributed by atoms with van der Waals surface area (Å²) in [5, 5.41) is 9.13. The summed E-state index contributed by atoms with van der Waals surface area (Å²) < 4.78 is 5.70. The number of nitrogens with zero attached hydrogens (tertiary/aromatic N) is 1. The van der Waals surface area contributed by atoms with Crippen molar-refractivity contribution in [3.8, 4) is 0 Å². The largest absolute Gasteiger partial charge is 0.478 e. The number of carboxylic acid groups (broad SMARTS) is 1. The van der Waals surface area contributed by atoms with E-state index in [1.807, 2.05) is 4.90 Å². The van der Waals surface area contributed by atoms with Crippen LogP contribution in [0.5, 0.6) is 0 Å². The number of benzene rings is 1. The monoisotopic (exact) mass is 317 g/mol. The number of aromatic carboxylic acids is 1. The number of ether oxygens (including phenoxy) is 1. The Bertz CT molecular complexity index is 574. The second kappa shape index (κ2) is 7.13. The van der Waals surface area contributed by atoms with Crippen molar-refractivity contribution in [1.82, 2.24) is 4.90 Å². The molecule has 1 amide bonds. The van der Waals surface area contributed by atoms with Gasteiger partial charge in [0.05, 0.1) is 11.7 Å². The molecule has 23 heavy (non-hydrogen) atoms. The number of hydrogen-bond acceptors (Lipinski definition) is 3. The molecule has 3 rings (SSSR count). The third-order valence-corrected chi connectivity index (χ3v) is 4.81. The van der Waals surface area contributed by atoms with E-state index in [9.17, 15) is 9.59 Å². The van der Waals surface area contributed by atoms with Crippen LogP contribution in [0.3, 0.4) is 0 Å². The molecule has 0 bridgehead atoms. The summed E-state index contributed by atoms with van der Waals surface area (Å²) in [6.45, 7) is 1.38. The number of hydrogen-bond donors (Lipinski definition) is 1. The first-order valence-electron chi connectivity index (χ1n) is 8.41. The zero-order valence-corrected chi connectivity index (χ0v) is 13.2. The maximum atomic E-state index is 13.0. The van der Waals surface area contributed by atoms with Gasteiger partial charge in [-0.05, 0) is 43.9 Å². The highest BCUT2D eigenvalue weighted by molar-refractivity contribution is 5.97. The summed E-state index contributed by atoms with van der Waals surface area (Å²) in [4.78, 5) is 26.0. The molecular weight excluding hydrogens is 294 g/mol. The van der Waals surface area contributed by atoms with Gasteiger partial charge in [0.1, 0.15) is 0 Å². The SMILES string of the molecule is O=C(O)c1cccc(C(=O)N(CC2CCCO2)C2CCCC2)c1. The van der Waals surface area contributed by atoms with Gasteiger partial charge in [0, 0.05) is 24.8 Å². The lowest BCUT2D eigenvalue weighted by molar-refractivity contribution is 0.0420. The fourth-order valence-corrected chi connectivity index (χ4v) is 3.57. The molecule has 0 spiro atoms. The Kier molecular flexibility index (Phi) is 4.96. The van der Waals surface area contributed by atoms with E-state index in [0.717, 1.165) is 45.1 Å². The Hall–Kier alpha value is -1.88. The molecule has 124 valence electrons. The molecule has 2 aliphatic rings. The minimum Gasteiger partial charge on any atom is -0.478 e. The summed E-state index contributed by atoms with van der Waals surface area (Å²) in [5.74, 6) is -1.08. The summed E-state index contributed by atoms with van der Waals surface area (Å²) in [7, 11) is 0. The molecule has 5 nitrogen and oxygen atoms in total. The molecule has 1 unspecified atom stereocenters. The first kappa shape index (κ1) is 16.0.